The quantitative estimate of drug-likeness (QED) is 0.0833. The molecular formula is C38H46F6O. The molecule has 246 valence electrons. The summed E-state index contributed by atoms with van der Waals surface area (Å²) >= 11 is 0. The van der Waals surface area contributed by atoms with Crippen LogP contribution in [-0.2, 0) is 4.74 Å². The second-order valence-corrected chi connectivity index (χ2v) is 13.6. The largest absolute Gasteiger partial charge is 0.469 e. The summed E-state index contributed by atoms with van der Waals surface area (Å²) in [6.45, 7) is 2.02. The molecule has 2 aromatic carbocycles. The van der Waals surface area contributed by atoms with Gasteiger partial charge in [-0.2, -0.15) is 8.78 Å². The minimum atomic E-state index is -1.40. The van der Waals surface area contributed by atoms with Crippen LogP contribution in [0.4, 0.5) is 26.3 Å². The molecule has 0 heterocycles. The van der Waals surface area contributed by atoms with E-state index in [1.165, 1.54) is 31.7 Å². The molecule has 0 amide bonds. The highest BCUT2D eigenvalue weighted by Crippen LogP contribution is 2.45. The van der Waals surface area contributed by atoms with Gasteiger partial charge in [-0.3, -0.25) is 0 Å². The van der Waals surface area contributed by atoms with E-state index in [2.05, 4.69) is 12.2 Å². The van der Waals surface area contributed by atoms with Gasteiger partial charge in [0.25, 0.3) is 0 Å². The summed E-state index contributed by atoms with van der Waals surface area (Å²) in [7, 11) is 0. The summed E-state index contributed by atoms with van der Waals surface area (Å²) in [4.78, 5) is 0. The van der Waals surface area contributed by atoms with Crippen LogP contribution >= 0.6 is 0 Å². The molecule has 3 aliphatic rings. The monoisotopic (exact) mass is 632 g/mol. The predicted octanol–water partition coefficient (Wildman–Crippen LogP) is 12.2. The highest BCUT2D eigenvalue weighted by Gasteiger charge is 2.32. The summed E-state index contributed by atoms with van der Waals surface area (Å²) in [6.07, 6.45) is 18.5. The van der Waals surface area contributed by atoms with Crippen LogP contribution in [0.25, 0.3) is 5.83 Å². The van der Waals surface area contributed by atoms with Crippen LogP contribution in [0.15, 0.2) is 48.5 Å². The minimum Gasteiger partial charge on any atom is -0.469 e. The first-order valence-corrected chi connectivity index (χ1v) is 17.0. The first kappa shape index (κ1) is 33.7. The molecule has 3 aliphatic carbocycles. The second-order valence-electron chi connectivity index (χ2n) is 13.6. The highest BCUT2D eigenvalue weighted by molar-refractivity contribution is 5.60. The number of allylic oxidation sites excluding steroid dienone is 2. The lowest BCUT2D eigenvalue weighted by Crippen LogP contribution is -2.25. The van der Waals surface area contributed by atoms with E-state index in [0.29, 0.717) is 41.2 Å². The van der Waals surface area contributed by atoms with Crippen LogP contribution in [0, 0.1) is 46.9 Å². The van der Waals surface area contributed by atoms with E-state index in [-0.39, 0.29) is 24.0 Å². The highest BCUT2D eigenvalue weighted by atomic mass is 19.2. The fraction of sp³-hybridized carbons (Fsp3) is 0.579. The number of hydrogen-bond donors (Lipinski definition) is 0. The van der Waals surface area contributed by atoms with E-state index < -0.39 is 35.1 Å². The van der Waals surface area contributed by atoms with Crippen LogP contribution in [0.1, 0.15) is 125 Å². The average molecular weight is 633 g/mol. The summed E-state index contributed by atoms with van der Waals surface area (Å²) in [6, 6.07) is 5.17. The van der Waals surface area contributed by atoms with Crippen LogP contribution in [0.5, 0.6) is 0 Å². The molecule has 0 aliphatic heterocycles. The zero-order valence-electron chi connectivity index (χ0n) is 26.3. The van der Waals surface area contributed by atoms with Crippen LogP contribution in [-0.4, -0.2) is 6.61 Å². The van der Waals surface area contributed by atoms with Crippen LogP contribution < -0.4 is 0 Å². The Morgan fingerprint density at radius 2 is 1.22 bits per heavy atom. The van der Waals surface area contributed by atoms with Gasteiger partial charge in [0.2, 0.25) is 5.83 Å². The molecule has 0 unspecified atom stereocenters. The third-order valence-corrected chi connectivity index (χ3v) is 10.8. The van der Waals surface area contributed by atoms with E-state index in [1.807, 2.05) is 6.92 Å². The van der Waals surface area contributed by atoms with Gasteiger partial charge in [-0.15, -0.1) is 0 Å². The van der Waals surface area contributed by atoms with Crippen molar-refractivity contribution in [3.05, 3.63) is 88.5 Å². The zero-order chi connectivity index (χ0) is 31.9. The van der Waals surface area contributed by atoms with E-state index in [4.69, 9.17) is 4.74 Å². The normalized spacial score (nSPS) is 28.2. The van der Waals surface area contributed by atoms with Crippen LogP contribution in [0.3, 0.4) is 0 Å². The molecule has 0 radical (unpaired) electrons. The summed E-state index contributed by atoms with van der Waals surface area (Å²) < 4.78 is 88.9. The molecule has 0 saturated heterocycles. The lowest BCUT2D eigenvalue weighted by atomic mass is 9.68. The molecule has 5 rings (SSSR count). The lowest BCUT2D eigenvalue weighted by Gasteiger charge is -2.37. The summed E-state index contributed by atoms with van der Waals surface area (Å²) in [5.74, 6) is -2.66. The van der Waals surface area contributed by atoms with Crippen molar-refractivity contribution < 1.29 is 31.1 Å². The van der Waals surface area contributed by atoms with Gasteiger partial charge in [0.15, 0.2) is 17.5 Å². The fourth-order valence-electron chi connectivity index (χ4n) is 7.96. The van der Waals surface area contributed by atoms with Gasteiger partial charge in [-0.05, 0) is 148 Å². The van der Waals surface area contributed by atoms with Gasteiger partial charge >= 0.3 is 6.01 Å². The Morgan fingerprint density at radius 1 is 0.689 bits per heavy atom. The molecule has 3 fully saturated rings. The summed E-state index contributed by atoms with van der Waals surface area (Å²) in [5, 5.41) is 0. The van der Waals surface area contributed by atoms with Crippen molar-refractivity contribution in [3.8, 4) is 0 Å². The number of benzene rings is 2. The first-order chi connectivity index (χ1) is 21.7. The zero-order valence-corrected chi connectivity index (χ0v) is 26.3. The molecule has 2 aromatic rings. The topological polar surface area (TPSA) is 9.23 Å². The van der Waals surface area contributed by atoms with E-state index in [1.54, 1.807) is 6.07 Å². The molecule has 1 nitrogen and oxygen atoms in total. The Kier molecular flexibility index (Phi) is 11.8. The Bertz CT molecular complexity index is 1300. The van der Waals surface area contributed by atoms with Crippen molar-refractivity contribution in [3.63, 3.8) is 0 Å². The van der Waals surface area contributed by atoms with Gasteiger partial charge in [0.1, 0.15) is 5.82 Å². The lowest BCUT2D eigenvalue weighted by molar-refractivity contribution is 0.141. The van der Waals surface area contributed by atoms with Crippen molar-refractivity contribution in [2.75, 3.05) is 6.61 Å². The third kappa shape index (κ3) is 8.56. The van der Waals surface area contributed by atoms with Crippen molar-refractivity contribution in [1.29, 1.82) is 0 Å². The van der Waals surface area contributed by atoms with Gasteiger partial charge in [0.05, 0.1) is 6.61 Å². The average Bonchev–Trinajstić information content (AvgIpc) is 3.06. The third-order valence-electron chi connectivity index (χ3n) is 10.8. The van der Waals surface area contributed by atoms with Crippen molar-refractivity contribution in [2.24, 2.45) is 23.7 Å². The molecule has 0 spiro atoms. The maximum Gasteiger partial charge on any atom is 0.309 e. The number of rotatable bonds is 10. The SMILES string of the molecule is CCCCO/C(F)=C(\F)c1ccc(C2CCC(C3CCC(/C=C/C4CCC(c5cc(F)c(F)c(F)c5)CC4)CC3)CC2)c(F)c1. The van der Waals surface area contributed by atoms with Crippen molar-refractivity contribution in [1.82, 2.24) is 0 Å². The molecule has 0 N–H and O–H groups in total. The van der Waals surface area contributed by atoms with Crippen LogP contribution in [0.2, 0.25) is 0 Å². The van der Waals surface area contributed by atoms with Gasteiger partial charge < -0.3 is 4.74 Å². The first-order valence-electron chi connectivity index (χ1n) is 17.0. The number of unbranched alkanes of at least 4 members (excludes halogenated alkanes) is 1. The minimum absolute atomic E-state index is 0.0746. The van der Waals surface area contributed by atoms with E-state index in [0.717, 1.165) is 76.0 Å². The second kappa shape index (κ2) is 15.7. The number of halogens is 6. The molecular weight excluding hydrogens is 586 g/mol. The fourth-order valence-corrected chi connectivity index (χ4v) is 7.96. The molecule has 0 bridgehead atoms. The molecule has 0 aromatic heterocycles. The van der Waals surface area contributed by atoms with E-state index >= 15 is 4.39 Å². The number of hydrogen-bond acceptors (Lipinski definition) is 1. The van der Waals surface area contributed by atoms with Crippen molar-refractivity contribution >= 4 is 5.83 Å². The number of ether oxygens (including phenoxy) is 1. The molecule has 3 saturated carbocycles. The van der Waals surface area contributed by atoms with Gasteiger partial charge in [-0.1, -0.05) is 37.6 Å². The molecule has 0 atom stereocenters. The Balaban J connectivity index is 1.04. The van der Waals surface area contributed by atoms with Gasteiger partial charge in [0, 0.05) is 5.56 Å². The maximum absolute atomic E-state index is 15.0. The van der Waals surface area contributed by atoms with Crippen molar-refractivity contribution in [2.45, 2.75) is 109 Å². The Labute approximate surface area is 264 Å². The summed E-state index contributed by atoms with van der Waals surface area (Å²) in [5.41, 5.74) is 1.03. The standard InChI is InChI=1S/C38H46F6O/c1-2-3-20-45-38(44)36(42)30-18-19-32(33(39)21-30)29-16-14-27(15-17-29)26-10-6-24(7-11-26)4-5-25-8-12-28(13-9-25)31-22-34(40)37(43)35(41)23-31/h4-5,18-19,21-29H,2-3,6-17,20H2,1H3/b5-4+,38-36-. The Morgan fingerprint density at radius 3 is 1.78 bits per heavy atom. The van der Waals surface area contributed by atoms with E-state index in [9.17, 15) is 22.0 Å². The molecule has 7 heteroatoms. The smallest absolute Gasteiger partial charge is 0.309 e. The van der Waals surface area contributed by atoms with Gasteiger partial charge in [-0.25, -0.2) is 17.6 Å². The Hall–Kier alpha value is -2.70. The predicted molar refractivity (Wildman–Crippen MR) is 167 cm³/mol. The molecule has 45 heavy (non-hydrogen) atoms. The maximum atomic E-state index is 15.0.